The Morgan fingerprint density at radius 1 is 1.27 bits per heavy atom. The first-order chi connectivity index (χ1) is 7.08. The molecule has 0 aromatic rings. The van der Waals surface area contributed by atoms with Crippen LogP contribution in [0.5, 0.6) is 0 Å². The first kappa shape index (κ1) is 10.5. The van der Waals surface area contributed by atoms with Gasteiger partial charge in [-0.15, -0.1) is 0 Å². The second-order valence-electron chi connectivity index (χ2n) is 5.77. The normalized spacial score (nSPS) is 51.8. The van der Waals surface area contributed by atoms with E-state index in [0.717, 1.165) is 30.9 Å². The molecular weight excluding hydrogens is 256 g/mol. The van der Waals surface area contributed by atoms with E-state index in [4.69, 9.17) is 9.47 Å². The largest absolute Gasteiger partial charge is 0.347 e. The van der Waals surface area contributed by atoms with Crippen molar-refractivity contribution in [3.05, 3.63) is 0 Å². The zero-order valence-corrected chi connectivity index (χ0v) is 11.1. The summed E-state index contributed by atoms with van der Waals surface area (Å²) >= 11 is 3.71. The smallest absolute Gasteiger partial charge is 0.174 e. The summed E-state index contributed by atoms with van der Waals surface area (Å²) in [7, 11) is 0. The van der Waals surface area contributed by atoms with Crippen molar-refractivity contribution in [2.45, 2.75) is 38.9 Å². The van der Waals surface area contributed by atoms with E-state index < -0.39 is 0 Å². The van der Waals surface area contributed by atoms with Crippen LogP contribution in [0.2, 0.25) is 0 Å². The van der Waals surface area contributed by atoms with Crippen LogP contribution < -0.4 is 0 Å². The minimum atomic E-state index is -0.252. The number of hydrogen-bond donors (Lipinski definition) is 0. The lowest BCUT2D eigenvalue weighted by atomic mass is 9.68. The maximum absolute atomic E-state index is 5.99. The van der Waals surface area contributed by atoms with Crippen molar-refractivity contribution < 1.29 is 9.47 Å². The third-order valence-electron chi connectivity index (χ3n) is 5.54. The van der Waals surface area contributed by atoms with Gasteiger partial charge in [-0.2, -0.15) is 0 Å². The van der Waals surface area contributed by atoms with Crippen molar-refractivity contribution in [3.8, 4) is 0 Å². The fourth-order valence-corrected chi connectivity index (χ4v) is 5.24. The number of hydrogen-bond acceptors (Lipinski definition) is 2. The predicted molar refractivity (Wildman–Crippen MR) is 62.0 cm³/mol. The molecule has 0 unspecified atom stereocenters. The van der Waals surface area contributed by atoms with Gasteiger partial charge in [0.2, 0.25) is 0 Å². The molecule has 0 N–H and O–H groups in total. The first-order valence-corrected chi connectivity index (χ1v) is 7.04. The Labute approximate surface area is 99.8 Å². The first-order valence-electron chi connectivity index (χ1n) is 5.92. The van der Waals surface area contributed by atoms with Gasteiger partial charge in [0.05, 0.1) is 13.2 Å². The quantitative estimate of drug-likeness (QED) is 0.685. The maximum atomic E-state index is 5.99. The molecule has 2 nitrogen and oxygen atoms in total. The van der Waals surface area contributed by atoms with Gasteiger partial charge in [0.1, 0.15) is 0 Å². The number of halogens is 1. The van der Waals surface area contributed by atoms with Gasteiger partial charge in [-0.05, 0) is 24.2 Å². The molecule has 1 spiro atoms. The predicted octanol–water partition coefficient (Wildman–Crippen LogP) is 2.95. The van der Waals surface area contributed by atoms with Crippen LogP contribution in [-0.2, 0) is 9.47 Å². The van der Waals surface area contributed by atoms with Crippen LogP contribution in [0.1, 0.15) is 33.1 Å². The Hall–Kier alpha value is 0.400. The molecule has 0 amide bonds. The summed E-state index contributed by atoms with van der Waals surface area (Å²) in [5.41, 5.74) is 0.544. The van der Waals surface area contributed by atoms with Crippen LogP contribution in [0.3, 0.4) is 0 Å². The molecule has 3 heteroatoms. The number of alkyl halides is 1. The Morgan fingerprint density at radius 2 is 1.93 bits per heavy atom. The molecule has 3 aliphatic rings. The van der Waals surface area contributed by atoms with Crippen molar-refractivity contribution in [1.82, 2.24) is 0 Å². The Balaban J connectivity index is 2.05. The van der Waals surface area contributed by atoms with E-state index in [1.165, 1.54) is 12.8 Å². The van der Waals surface area contributed by atoms with Gasteiger partial charge in [0.15, 0.2) is 5.79 Å². The minimum Gasteiger partial charge on any atom is -0.347 e. The van der Waals surface area contributed by atoms with Gasteiger partial charge in [0.25, 0.3) is 0 Å². The van der Waals surface area contributed by atoms with Gasteiger partial charge in [0, 0.05) is 17.2 Å². The second-order valence-corrected chi connectivity index (χ2v) is 6.33. The molecule has 1 saturated heterocycles. The SMILES string of the molecule is C[C@]1(CBr)[C@@H]2CC[C@@]1(C)C1(C2)OCCO1. The van der Waals surface area contributed by atoms with E-state index in [0.29, 0.717) is 5.41 Å². The molecular formula is C12H19BrO2. The third kappa shape index (κ3) is 0.985. The summed E-state index contributed by atoms with van der Waals surface area (Å²) < 4.78 is 12.0. The van der Waals surface area contributed by atoms with Crippen LogP contribution in [0.15, 0.2) is 0 Å². The highest BCUT2D eigenvalue weighted by Crippen LogP contribution is 2.72. The lowest BCUT2D eigenvalue weighted by Gasteiger charge is -2.45. The standard InChI is InChI=1S/C12H19BrO2/c1-10(8-13)9-3-4-11(10,2)12(7-9)14-5-6-15-12/h9H,3-8H2,1-2H3/t9-,10+,11-/m1/s1. The van der Waals surface area contributed by atoms with Crippen LogP contribution in [0, 0.1) is 16.7 Å². The maximum Gasteiger partial charge on any atom is 0.174 e. The highest BCUT2D eigenvalue weighted by molar-refractivity contribution is 9.09. The number of fused-ring (bicyclic) bond motifs is 3. The molecule has 2 bridgehead atoms. The van der Waals surface area contributed by atoms with Crippen molar-refractivity contribution >= 4 is 15.9 Å². The van der Waals surface area contributed by atoms with Crippen LogP contribution in [0.25, 0.3) is 0 Å². The zero-order chi connectivity index (χ0) is 10.7. The highest BCUT2D eigenvalue weighted by Gasteiger charge is 2.72. The fraction of sp³-hybridized carbons (Fsp3) is 1.00. The van der Waals surface area contributed by atoms with Gasteiger partial charge in [-0.25, -0.2) is 0 Å². The molecule has 3 rings (SSSR count). The molecule has 0 aromatic heterocycles. The molecule has 1 aliphatic heterocycles. The molecule has 3 atom stereocenters. The molecule has 1 heterocycles. The number of rotatable bonds is 1. The summed E-state index contributed by atoms with van der Waals surface area (Å²) in [4.78, 5) is 0. The minimum absolute atomic E-state index is 0.199. The van der Waals surface area contributed by atoms with Crippen LogP contribution >= 0.6 is 15.9 Å². The fourth-order valence-electron chi connectivity index (χ4n) is 4.17. The Morgan fingerprint density at radius 3 is 2.47 bits per heavy atom. The average Bonchev–Trinajstić information content (AvgIpc) is 2.83. The summed E-state index contributed by atoms with van der Waals surface area (Å²) in [6.45, 7) is 6.33. The molecule has 86 valence electrons. The highest BCUT2D eigenvalue weighted by atomic mass is 79.9. The summed E-state index contributed by atoms with van der Waals surface area (Å²) in [5, 5.41) is 1.07. The Bertz CT molecular complexity index is 287. The van der Waals surface area contributed by atoms with Gasteiger partial charge in [-0.3, -0.25) is 0 Å². The summed E-state index contributed by atoms with van der Waals surface area (Å²) in [6, 6.07) is 0. The van der Waals surface area contributed by atoms with Crippen LogP contribution in [0.4, 0.5) is 0 Å². The van der Waals surface area contributed by atoms with Crippen molar-refractivity contribution in [1.29, 1.82) is 0 Å². The van der Waals surface area contributed by atoms with Crippen LogP contribution in [-0.4, -0.2) is 24.3 Å². The summed E-state index contributed by atoms with van der Waals surface area (Å²) in [5.74, 6) is 0.512. The van der Waals surface area contributed by atoms with Gasteiger partial charge < -0.3 is 9.47 Å². The topological polar surface area (TPSA) is 18.5 Å². The molecule has 0 aromatic carbocycles. The second kappa shape index (κ2) is 2.99. The Kier molecular flexibility index (Phi) is 2.10. The molecule has 0 radical (unpaired) electrons. The van der Waals surface area contributed by atoms with Crippen molar-refractivity contribution in [3.63, 3.8) is 0 Å². The summed E-state index contributed by atoms with van der Waals surface area (Å²) in [6.07, 6.45) is 3.69. The van der Waals surface area contributed by atoms with E-state index in [1.54, 1.807) is 0 Å². The molecule has 15 heavy (non-hydrogen) atoms. The van der Waals surface area contributed by atoms with Crippen molar-refractivity contribution in [2.75, 3.05) is 18.5 Å². The van der Waals surface area contributed by atoms with E-state index in [1.807, 2.05) is 0 Å². The van der Waals surface area contributed by atoms with E-state index in [2.05, 4.69) is 29.8 Å². The third-order valence-corrected chi connectivity index (χ3v) is 6.71. The lowest BCUT2D eigenvalue weighted by Crippen LogP contribution is -2.49. The number of ether oxygens (including phenoxy) is 2. The molecule has 2 aliphatic carbocycles. The van der Waals surface area contributed by atoms with E-state index >= 15 is 0 Å². The average molecular weight is 275 g/mol. The molecule has 2 saturated carbocycles. The molecule has 3 fully saturated rings. The zero-order valence-electron chi connectivity index (χ0n) is 9.51. The van der Waals surface area contributed by atoms with E-state index in [-0.39, 0.29) is 11.2 Å². The van der Waals surface area contributed by atoms with Gasteiger partial charge >= 0.3 is 0 Å². The van der Waals surface area contributed by atoms with Gasteiger partial charge in [-0.1, -0.05) is 29.8 Å². The van der Waals surface area contributed by atoms with E-state index in [9.17, 15) is 0 Å². The monoisotopic (exact) mass is 274 g/mol. The lowest BCUT2D eigenvalue weighted by molar-refractivity contribution is -0.236. The van der Waals surface area contributed by atoms with Crippen molar-refractivity contribution in [2.24, 2.45) is 16.7 Å².